The minimum atomic E-state index is -0.822. The van der Waals surface area contributed by atoms with Crippen LogP contribution in [-0.2, 0) is 4.79 Å². The van der Waals surface area contributed by atoms with E-state index in [0.29, 0.717) is 0 Å². The summed E-state index contributed by atoms with van der Waals surface area (Å²) in [6.07, 6.45) is 1.81. The number of likely N-dealkylation sites (N-methyl/N-ethyl adjacent to an activating group) is 1. The van der Waals surface area contributed by atoms with Crippen molar-refractivity contribution in [3.05, 3.63) is 42.6 Å². The number of fused-ring (bicyclic) bond motifs is 1. The van der Waals surface area contributed by atoms with Gasteiger partial charge >= 0.3 is 5.97 Å². The monoisotopic (exact) mass is 218 g/mol. The van der Waals surface area contributed by atoms with Crippen molar-refractivity contribution < 1.29 is 9.90 Å². The summed E-state index contributed by atoms with van der Waals surface area (Å²) in [4.78, 5) is 13.7. The Morgan fingerprint density at radius 1 is 1.31 bits per heavy atom. The highest BCUT2D eigenvalue weighted by Gasteiger charge is 1.87. The van der Waals surface area contributed by atoms with E-state index in [0.717, 1.165) is 5.52 Å². The zero-order valence-electron chi connectivity index (χ0n) is 9.05. The van der Waals surface area contributed by atoms with E-state index in [1.165, 1.54) is 5.39 Å². The average Bonchev–Trinajstić information content (AvgIpc) is 2.30. The Morgan fingerprint density at radius 3 is 2.56 bits per heavy atom. The number of hydrogen-bond acceptors (Lipinski definition) is 3. The SMILES string of the molecule is CNCC(=O)O.c1ccc2ncccc2c1. The molecular formula is C12H14N2O2. The number of aromatic nitrogens is 1. The molecule has 4 nitrogen and oxygen atoms in total. The van der Waals surface area contributed by atoms with Crippen LogP contribution in [0, 0.1) is 0 Å². The van der Waals surface area contributed by atoms with E-state index in [1.807, 2.05) is 30.5 Å². The Morgan fingerprint density at radius 2 is 2.00 bits per heavy atom. The molecular weight excluding hydrogens is 204 g/mol. The highest BCUT2D eigenvalue weighted by molar-refractivity contribution is 5.77. The van der Waals surface area contributed by atoms with Crippen molar-refractivity contribution in [2.24, 2.45) is 0 Å². The quantitative estimate of drug-likeness (QED) is 0.802. The summed E-state index contributed by atoms with van der Waals surface area (Å²) < 4.78 is 0. The molecule has 16 heavy (non-hydrogen) atoms. The molecule has 0 atom stereocenters. The van der Waals surface area contributed by atoms with Crippen LogP contribution in [0.4, 0.5) is 0 Å². The van der Waals surface area contributed by atoms with Gasteiger partial charge in [0.2, 0.25) is 0 Å². The van der Waals surface area contributed by atoms with E-state index in [2.05, 4.69) is 22.4 Å². The lowest BCUT2D eigenvalue weighted by atomic mass is 10.2. The zero-order chi connectivity index (χ0) is 11.8. The molecule has 0 fully saturated rings. The summed E-state index contributed by atoms with van der Waals surface area (Å²) in [5, 5.41) is 11.5. The number of nitrogens with one attached hydrogen (secondary N) is 1. The smallest absolute Gasteiger partial charge is 0.317 e. The van der Waals surface area contributed by atoms with Crippen LogP contribution in [0.3, 0.4) is 0 Å². The second kappa shape index (κ2) is 6.53. The van der Waals surface area contributed by atoms with Gasteiger partial charge in [0.25, 0.3) is 0 Å². The molecule has 0 aliphatic carbocycles. The van der Waals surface area contributed by atoms with Gasteiger partial charge in [-0.2, -0.15) is 0 Å². The maximum atomic E-state index is 9.54. The van der Waals surface area contributed by atoms with Crippen molar-refractivity contribution in [2.75, 3.05) is 13.6 Å². The first kappa shape index (κ1) is 12.1. The molecule has 0 radical (unpaired) electrons. The topological polar surface area (TPSA) is 62.2 Å². The Hall–Kier alpha value is -1.94. The third-order valence-corrected chi connectivity index (χ3v) is 1.84. The standard InChI is InChI=1S/C9H7N.C3H7NO2/c1-2-6-9-8(4-1)5-3-7-10-9;1-4-2-3(5)6/h1-7H;4H,2H2,1H3,(H,5,6). The van der Waals surface area contributed by atoms with Crippen LogP contribution in [0.1, 0.15) is 0 Å². The summed E-state index contributed by atoms with van der Waals surface area (Å²) in [5.41, 5.74) is 1.06. The summed E-state index contributed by atoms with van der Waals surface area (Å²) in [7, 11) is 1.59. The van der Waals surface area contributed by atoms with Crippen LogP contribution in [-0.4, -0.2) is 29.7 Å². The van der Waals surface area contributed by atoms with E-state index < -0.39 is 5.97 Å². The van der Waals surface area contributed by atoms with Gasteiger partial charge in [-0.05, 0) is 19.2 Å². The molecule has 0 saturated heterocycles. The summed E-state index contributed by atoms with van der Waals surface area (Å²) in [6, 6.07) is 12.1. The van der Waals surface area contributed by atoms with Crippen LogP contribution in [0.5, 0.6) is 0 Å². The zero-order valence-corrected chi connectivity index (χ0v) is 9.05. The van der Waals surface area contributed by atoms with E-state index in [4.69, 9.17) is 5.11 Å². The van der Waals surface area contributed by atoms with Gasteiger partial charge in [-0.1, -0.05) is 24.3 Å². The molecule has 0 unspecified atom stereocenters. The van der Waals surface area contributed by atoms with Crippen molar-refractivity contribution in [3.8, 4) is 0 Å². The van der Waals surface area contributed by atoms with Gasteiger partial charge in [0, 0.05) is 11.6 Å². The number of para-hydroxylation sites is 1. The fraction of sp³-hybridized carbons (Fsp3) is 0.167. The van der Waals surface area contributed by atoms with Gasteiger partial charge in [0.05, 0.1) is 12.1 Å². The molecule has 0 bridgehead atoms. The number of hydrogen-bond donors (Lipinski definition) is 2. The molecule has 4 heteroatoms. The lowest BCUT2D eigenvalue weighted by Gasteiger charge is -1.91. The summed E-state index contributed by atoms with van der Waals surface area (Å²) >= 11 is 0. The predicted molar refractivity (Wildman–Crippen MR) is 63.3 cm³/mol. The second-order valence-electron chi connectivity index (χ2n) is 3.12. The fourth-order valence-electron chi connectivity index (χ4n) is 1.17. The Balaban J connectivity index is 0.000000187. The normalized spacial score (nSPS) is 9.31. The second-order valence-corrected chi connectivity index (χ2v) is 3.12. The molecule has 0 amide bonds. The third-order valence-electron chi connectivity index (χ3n) is 1.84. The first-order valence-corrected chi connectivity index (χ1v) is 4.90. The molecule has 0 aliphatic rings. The molecule has 1 heterocycles. The van der Waals surface area contributed by atoms with Crippen LogP contribution < -0.4 is 5.32 Å². The van der Waals surface area contributed by atoms with Gasteiger partial charge in [-0.25, -0.2) is 0 Å². The maximum Gasteiger partial charge on any atom is 0.317 e. The lowest BCUT2D eigenvalue weighted by molar-refractivity contribution is -0.135. The van der Waals surface area contributed by atoms with Crippen LogP contribution in [0.15, 0.2) is 42.6 Å². The maximum absolute atomic E-state index is 9.54. The van der Waals surface area contributed by atoms with E-state index in [-0.39, 0.29) is 6.54 Å². The first-order valence-electron chi connectivity index (χ1n) is 4.90. The number of carboxylic acid groups (broad SMARTS) is 1. The summed E-state index contributed by atoms with van der Waals surface area (Å²) in [5.74, 6) is -0.822. The number of benzene rings is 1. The van der Waals surface area contributed by atoms with E-state index >= 15 is 0 Å². The molecule has 0 spiro atoms. The number of carbonyl (C=O) groups is 1. The Bertz CT molecular complexity index is 392. The fourth-order valence-corrected chi connectivity index (χ4v) is 1.17. The van der Waals surface area contributed by atoms with Crippen LogP contribution >= 0.6 is 0 Å². The number of nitrogens with zero attached hydrogens (tertiary/aromatic N) is 1. The largest absolute Gasteiger partial charge is 0.480 e. The van der Waals surface area contributed by atoms with Gasteiger partial charge < -0.3 is 10.4 Å². The Kier molecular flexibility index (Phi) is 4.95. The average molecular weight is 218 g/mol. The van der Waals surface area contributed by atoms with Crippen molar-refractivity contribution >= 4 is 16.9 Å². The van der Waals surface area contributed by atoms with Crippen LogP contribution in [0.2, 0.25) is 0 Å². The van der Waals surface area contributed by atoms with Gasteiger partial charge in [0.1, 0.15) is 0 Å². The molecule has 1 aromatic heterocycles. The highest BCUT2D eigenvalue weighted by atomic mass is 16.4. The minimum Gasteiger partial charge on any atom is -0.480 e. The number of aliphatic carboxylic acids is 1. The molecule has 0 saturated carbocycles. The number of rotatable bonds is 2. The molecule has 84 valence electrons. The lowest BCUT2D eigenvalue weighted by Crippen LogP contribution is -2.16. The predicted octanol–water partition coefficient (Wildman–Crippen LogP) is 1.53. The van der Waals surface area contributed by atoms with Crippen molar-refractivity contribution in [2.45, 2.75) is 0 Å². The third kappa shape index (κ3) is 4.06. The molecule has 2 aromatic rings. The van der Waals surface area contributed by atoms with E-state index in [1.54, 1.807) is 7.05 Å². The minimum absolute atomic E-state index is 0.0417. The molecule has 0 aliphatic heterocycles. The molecule has 2 N–H and O–H groups in total. The number of pyridine rings is 1. The van der Waals surface area contributed by atoms with Gasteiger partial charge in [-0.15, -0.1) is 0 Å². The van der Waals surface area contributed by atoms with Gasteiger partial charge in [0.15, 0.2) is 0 Å². The number of carboxylic acids is 1. The first-order chi connectivity index (χ1) is 7.74. The van der Waals surface area contributed by atoms with Crippen LogP contribution in [0.25, 0.3) is 10.9 Å². The Labute approximate surface area is 93.9 Å². The molecule has 2 rings (SSSR count). The van der Waals surface area contributed by atoms with Crippen molar-refractivity contribution in [1.82, 2.24) is 10.3 Å². The van der Waals surface area contributed by atoms with Gasteiger partial charge in [-0.3, -0.25) is 9.78 Å². The summed E-state index contributed by atoms with van der Waals surface area (Å²) in [6.45, 7) is 0.0417. The van der Waals surface area contributed by atoms with Crippen molar-refractivity contribution in [3.63, 3.8) is 0 Å². The highest BCUT2D eigenvalue weighted by Crippen LogP contribution is 2.07. The van der Waals surface area contributed by atoms with Crippen molar-refractivity contribution in [1.29, 1.82) is 0 Å². The molecule has 1 aromatic carbocycles. The van der Waals surface area contributed by atoms with E-state index in [9.17, 15) is 4.79 Å².